The van der Waals surface area contributed by atoms with Gasteiger partial charge in [0.1, 0.15) is 0 Å². The van der Waals surface area contributed by atoms with Gasteiger partial charge >= 0.3 is 0 Å². The van der Waals surface area contributed by atoms with E-state index < -0.39 is 10.0 Å². The van der Waals surface area contributed by atoms with Crippen molar-refractivity contribution >= 4 is 27.5 Å². The highest BCUT2D eigenvalue weighted by atomic mass is 35.5. The molecule has 3 rings (SSSR count). The highest BCUT2D eigenvalue weighted by Gasteiger charge is 2.32. The first kappa shape index (κ1) is 17.5. The van der Waals surface area contributed by atoms with Crippen LogP contribution < -0.4 is 0 Å². The van der Waals surface area contributed by atoms with Gasteiger partial charge in [-0.2, -0.15) is 4.31 Å². The minimum Gasteiger partial charge on any atom is -0.340 e. The summed E-state index contributed by atoms with van der Waals surface area (Å²) < 4.78 is 26.7. The summed E-state index contributed by atoms with van der Waals surface area (Å²) in [5, 5.41) is 0.505. The van der Waals surface area contributed by atoms with Gasteiger partial charge in [-0.15, -0.1) is 0 Å². The monoisotopic (exact) mass is 368 g/mol. The number of benzene rings is 1. The molecule has 7 heteroatoms. The van der Waals surface area contributed by atoms with E-state index in [1.165, 1.54) is 16.4 Å². The van der Waals surface area contributed by atoms with Crippen molar-refractivity contribution in [3.05, 3.63) is 41.4 Å². The number of allylic oxidation sites excluding steroid dienone is 2. The molecule has 2 aliphatic rings. The summed E-state index contributed by atoms with van der Waals surface area (Å²) >= 11 is 5.82. The van der Waals surface area contributed by atoms with Gasteiger partial charge in [-0.05, 0) is 43.5 Å². The van der Waals surface area contributed by atoms with Crippen molar-refractivity contribution in [2.75, 3.05) is 26.2 Å². The lowest BCUT2D eigenvalue weighted by Gasteiger charge is -2.36. The van der Waals surface area contributed by atoms with Gasteiger partial charge in [0.25, 0.3) is 0 Å². The lowest BCUT2D eigenvalue weighted by atomic mass is 9.93. The fourth-order valence-electron chi connectivity index (χ4n) is 3.18. The van der Waals surface area contributed by atoms with Crippen LogP contribution in [0.5, 0.6) is 0 Å². The molecule has 24 heavy (non-hydrogen) atoms. The Morgan fingerprint density at radius 2 is 1.71 bits per heavy atom. The molecule has 0 bridgehead atoms. The molecule has 0 radical (unpaired) electrons. The Hall–Kier alpha value is -1.37. The van der Waals surface area contributed by atoms with E-state index in [1.807, 2.05) is 0 Å². The zero-order valence-corrected chi connectivity index (χ0v) is 15.0. The van der Waals surface area contributed by atoms with E-state index >= 15 is 0 Å². The maximum atomic E-state index is 12.6. The molecular formula is C17H21ClN2O3S. The number of nitrogens with zero attached hydrogens (tertiary/aromatic N) is 2. The first-order valence-electron chi connectivity index (χ1n) is 8.18. The summed E-state index contributed by atoms with van der Waals surface area (Å²) in [4.78, 5) is 14.6. The lowest BCUT2D eigenvalue weighted by Crippen LogP contribution is -2.51. The zero-order valence-electron chi connectivity index (χ0n) is 13.4. The maximum absolute atomic E-state index is 12.6. The average molecular weight is 369 g/mol. The third-order valence-electron chi connectivity index (χ3n) is 4.62. The zero-order chi connectivity index (χ0) is 17.2. The van der Waals surface area contributed by atoms with Crippen LogP contribution >= 0.6 is 11.6 Å². The van der Waals surface area contributed by atoms with Crippen LogP contribution in [0.1, 0.15) is 19.3 Å². The van der Waals surface area contributed by atoms with Gasteiger partial charge in [-0.3, -0.25) is 4.79 Å². The standard InChI is InChI=1S/C17H21ClN2O3S/c18-15-6-8-16(9-7-15)24(22,23)20-12-10-19(11-13-20)17(21)14-4-2-1-3-5-14/h1-2,6-9,14H,3-5,10-13H2/t14-/m1/s1. The van der Waals surface area contributed by atoms with Crippen molar-refractivity contribution in [2.45, 2.75) is 24.2 Å². The molecule has 1 aliphatic heterocycles. The number of sulfonamides is 1. The molecule has 130 valence electrons. The van der Waals surface area contributed by atoms with Crippen molar-refractivity contribution in [2.24, 2.45) is 5.92 Å². The number of rotatable bonds is 3. The molecule has 1 atom stereocenters. The van der Waals surface area contributed by atoms with E-state index in [0.29, 0.717) is 31.2 Å². The van der Waals surface area contributed by atoms with Crippen molar-refractivity contribution in [1.29, 1.82) is 0 Å². The fraction of sp³-hybridized carbons (Fsp3) is 0.471. The van der Waals surface area contributed by atoms with Gasteiger partial charge in [-0.1, -0.05) is 23.8 Å². The first-order chi connectivity index (χ1) is 11.5. The molecule has 1 heterocycles. The number of piperazine rings is 1. The summed E-state index contributed by atoms with van der Waals surface area (Å²) in [6.45, 7) is 1.57. The molecule has 0 spiro atoms. The summed E-state index contributed by atoms with van der Waals surface area (Å²) in [5.74, 6) is 0.206. The van der Waals surface area contributed by atoms with E-state index in [9.17, 15) is 13.2 Å². The molecule has 1 saturated heterocycles. The summed E-state index contributed by atoms with van der Waals surface area (Å²) in [6.07, 6.45) is 6.80. The van der Waals surface area contributed by atoms with Crippen LogP contribution in [0.15, 0.2) is 41.3 Å². The predicted molar refractivity (Wildman–Crippen MR) is 93.3 cm³/mol. The lowest BCUT2D eigenvalue weighted by molar-refractivity contribution is -0.137. The molecule has 1 aromatic carbocycles. The number of amides is 1. The van der Waals surface area contributed by atoms with Crippen LogP contribution in [0.25, 0.3) is 0 Å². The van der Waals surface area contributed by atoms with Crippen LogP contribution in [-0.2, 0) is 14.8 Å². The van der Waals surface area contributed by atoms with E-state index in [4.69, 9.17) is 11.6 Å². The Labute approximate surface area is 147 Å². The molecule has 1 fully saturated rings. The van der Waals surface area contributed by atoms with Gasteiger partial charge < -0.3 is 4.90 Å². The van der Waals surface area contributed by atoms with Crippen LogP contribution in [0.4, 0.5) is 0 Å². The SMILES string of the molecule is O=C([C@@H]1CC=CCC1)N1CCN(S(=O)(=O)c2ccc(Cl)cc2)CC1. The van der Waals surface area contributed by atoms with Gasteiger partial charge in [0, 0.05) is 37.1 Å². The molecule has 5 nitrogen and oxygen atoms in total. The van der Waals surface area contributed by atoms with E-state index in [1.54, 1.807) is 17.0 Å². The molecule has 1 amide bonds. The van der Waals surface area contributed by atoms with Gasteiger partial charge in [0.05, 0.1) is 4.90 Å². The number of hydrogen-bond donors (Lipinski definition) is 0. The predicted octanol–water partition coefficient (Wildman–Crippen LogP) is 2.53. The average Bonchev–Trinajstić information content (AvgIpc) is 2.62. The van der Waals surface area contributed by atoms with Crippen molar-refractivity contribution in [3.8, 4) is 0 Å². The third kappa shape index (κ3) is 3.66. The molecular weight excluding hydrogens is 348 g/mol. The second-order valence-electron chi connectivity index (χ2n) is 6.16. The number of hydrogen-bond acceptors (Lipinski definition) is 3. The number of carbonyl (C=O) groups excluding carboxylic acids is 1. The normalized spacial score (nSPS) is 22.5. The van der Waals surface area contributed by atoms with Crippen LogP contribution in [0.2, 0.25) is 5.02 Å². The number of halogens is 1. The molecule has 0 saturated carbocycles. The van der Waals surface area contributed by atoms with Crippen LogP contribution in [0.3, 0.4) is 0 Å². The molecule has 1 aromatic rings. The maximum Gasteiger partial charge on any atom is 0.243 e. The van der Waals surface area contributed by atoms with Crippen molar-refractivity contribution < 1.29 is 13.2 Å². The smallest absolute Gasteiger partial charge is 0.243 e. The summed E-state index contributed by atoms with van der Waals surface area (Å²) in [6, 6.07) is 6.18. The van der Waals surface area contributed by atoms with Crippen LogP contribution in [-0.4, -0.2) is 49.7 Å². The summed E-state index contributed by atoms with van der Waals surface area (Å²) in [7, 11) is -3.53. The second-order valence-corrected chi connectivity index (χ2v) is 8.54. The molecule has 1 aliphatic carbocycles. The Morgan fingerprint density at radius 3 is 2.29 bits per heavy atom. The fourth-order valence-corrected chi connectivity index (χ4v) is 4.73. The Morgan fingerprint density at radius 1 is 1.04 bits per heavy atom. The van der Waals surface area contributed by atoms with Crippen molar-refractivity contribution in [3.63, 3.8) is 0 Å². The van der Waals surface area contributed by atoms with Gasteiger partial charge in [-0.25, -0.2) is 8.42 Å². The second kappa shape index (κ2) is 7.25. The van der Waals surface area contributed by atoms with Gasteiger partial charge in [0.2, 0.25) is 15.9 Å². The summed E-state index contributed by atoms with van der Waals surface area (Å²) in [5.41, 5.74) is 0. The Balaban J connectivity index is 1.63. The van der Waals surface area contributed by atoms with Crippen molar-refractivity contribution in [1.82, 2.24) is 9.21 Å². The molecule has 0 aromatic heterocycles. The van der Waals surface area contributed by atoms with E-state index in [0.717, 1.165) is 19.3 Å². The molecule has 0 unspecified atom stereocenters. The van der Waals surface area contributed by atoms with E-state index in [-0.39, 0.29) is 16.7 Å². The third-order valence-corrected chi connectivity index (χ3v) is 6.78. The Kier molecular flexibility index (Phi) is 5.27. The highest BCUT2D eigenvalue weighted by Crippen LogP contribution is 2.23. The molecule has 0 N–H and O–H groups in total. The highest BCUT2D eigenvalue weighted by molar-refractivity contribution is 7.89. The quantitative estimate of drug-likeness (QED) is 0.770. The van der Waals surface area contributed by atoms with Gasteiger partial charge in [0.15, 0.2) is 0 Å². The minimum absolute atomic E-state index is 0.0504. The Bertz CT molecular complexity index is 723. The largest absolute Gasteiger partial charge is 0.340 e. The minimum atomic E-state index is -3.53. The topological polar surface area (TPSA) is 57.7 Å². The van der Waals surface area contributed by atoms with E-state index in [2.05, 4.69) is 12.2 Å². The first-order valence-corrected chi connectivity index (χ1v) is 10.00. The number of carbonyl (C=O) groups is 1. The van der Waals surface area contributed by atoms with Crippen LogP contribution in [0, 0.1) is 5.92 Å².